The molecule has 0 aliphatic carbocycles. The quantitative estimate of drug-likeness (QED) is 0.0178. The van der Waals surface area contributed by atoms with Gasteiger partial charge in [0.25, 0.3) is 35.4 Å². The molecule has 1 fully saturated rings. The minimum absolute atomic E-state index is 0. The molecular weight excluding hydrogens is 1910 g/mol. The van der Waals surface area contributed by atoms with Crippen molar-refractivity contribution in [1.29, 1.82) is 0 Å². The van der Waals surface area contributed by atoms with E-state index in [2.05, 4.69) is 33.4 Å². The number of rotatable bonds is 37. The smallest absolute Gasteiger partial charge is 0.333 e. The molecule has 150 heavy (non-hydrogen) atoms. The predicted octanol–water partition coefficient (Wildman–Crippen LogP) is 17.7. The number of hydrogen-bond donors (Lipinski definition) is 5. The molecule has 9 aliphatic heterocycles. The lowest BCUT2D eigenvalue weighted by Crippen LogP contribution is -2.39. The maximum Gasteiger partial charge on any atom is 0.333 e. The fraction of sp³-hybridized carbons (Fsp3) is 0.350. The number of benzene rings is 10. The van der Waals surface area contributed by atoms with Crippen molar-refractivity contribution in [1.82, 2.24) is 15.7 Å². The molecule has 19 rings (SSSR count). The van der Waals surface area contributed by atoms with Crippen LogP contribution in [0.1, 0.15) is 236 Å². The summed E-state index contributed by atoms with van der Waals surface area (Å²) in [5, 5.41) is 20.6. The van der Waals surface area contributed by atoms with Gasteiger partial charge in [-0.1, -0.05) is 94.1 Å². The van der Waals surface area contributed by atoms with Crippen molar-refractivity contribution in [2.75, 3.05) is 44.5 Å². The molecule has 10 aromatic carbocycles. The molecule has 9 heterocycles. The van der Waals surface area contributed by atoms with Gasteiger partial charge in [0.1, 0.15) is 37.9 Å². The lowest BCUT2D eigenvalue weighted by molar-refractivity contribution is -0.197. The molecule has 778 valence electrons. The van der Waals surface area contributed by atoms with E-state index in [4.69, 9.17) is 51.3 Å². The average molecular weight is 2040 g/mol. The number of fused-ring (bicyclic) bond motifs is 16. The molecule has 9 aliphatic rings. The summed E-state index contributed by atoms with van der Waals surface area (Å²) in [4.78, 5) is 204. The maximum absolute atomic E-state index is 14.1. The summed E-state index contributed by atoms with van der Waals surface area (Å²) in [6, 6.07) is 55.1. The number of carboxylic acid groups (broad SMARTS) is 1. The zero-order valence-electron chi connectivity index (χ0n) is 86.2. The van der Waals surface area contributed by atoms with Crippen LogP contribution >= 0.6 is 0 Å². The van der Waals surface area contributed by atoms with Crippen LogP contribution in [-0.4, -0.2) is 156 Å². The fourth-order valence-electron chi connectivity index (χ4n) is 20.8. The highest BCUT2D eigenvalue weighted by molar-refractivity contribution is 6.17. The average Bonchev–Trinajstić information content (AvgIpc) is 1.62. The standard InChI is InChI=1S/C60H60N6O12.C56H57N5O10.CH4.H2/c1-34-21-45-39(17-18-43-26-40-11-5-7-13-48(40)64(43)59(45)73)28-51(34)76-32-37-23-38(33-77-53-30-47-46(29-52(53)75-4)60(74)65-44(31-61-47)27-41-12-6-8-14-49(41)65)25-42(24-37)63-58(72)35(2)22-50(67)36(3)62-54(68)15-9-10-16-57(71)78-66-55(69)19-20-56(66)70;1-32-19-43-37(17-18-41-24-38-11-5-7-13-46(38)60(41)55(43)67)26-49(32)70-30-35-21-36(23-40(22-35)59-54(66)33(2)20-48(62)34(3)58-52(63)15-9-10-16-53(64)65)31-71-51-28-45-44(27-50(51)69-4)56(68)61-42(29-57-45)25-39-12-6-8-14-47(39)61;;/h5-8,11-14,21,23-25,28-31,35-36,43-44H,9-10,15-20,22,26-27,32-33H2,1-4H3,(H,62,68)(H,63,72);5-8,11-14,19,21-23,26-29,33-34,41-42H,9-10,15-18,20,24-25,30-31H2,1-4H3,(H,58,63)(H,59,66)(H,64,65);1H4;1H/t35-,36+,43-,44+;33-,34+,41-,42+;;/m11../s1/i;;;1+1D. The van der Waals surface area contributed by atoms with Gasteiger partial charge in [0.05, 0.1) is 60.9 Å². The number of aliphatic carboxylic acids is 1. The van der Waals surface area contributed by atoms with Crippen LogP contribution in [0, 0.1) is 25.7 Å². The SMILES string of the molecule is C.COc1cc2c(cc1OCc1cc(COc3cc4c(cc3C)C(=O)N3c5ccccc5C[C@H]3CC4)cc(NC(=O)[C@H](C)CC(=O)[C@H](C)NC(=O)CCCCC(=O)O)c1)N=C[C@@H]1Cc3ccccc3N1C2=O.COc1cc2c(cc1OCc1cc(COc3cc4c(cc3C)C(=O)N3c5ccccc5C[C@H]3CC4)cc(NC(=O)[C@H](C)CC(=O)[C@H](C)NC(=O)CCCCC(=O)ON3C(=O)CCC3=O)c1)N=C[C@@H]1Cc3ccccc3N1C2=O.[2H][2H]. The van der Waals surface area contributed by atoms with Crippen molar-refractivity contribution < 1.29 is 108 Å². The van der Waals surface area contributed by atoms with E-state index in [1.807, 2.05) is 145 Å². The highest BCUT2D eigenvalue weighted by atomic mass is 16.7. The Labute approximate surface area is 871 Å². The Bertz CT molecular complexity index is 7130. The van der Waals surface area contributed by atoms with E-state index in [-0.39, 0.29) is 163 Å². The first-order chi connectivity index (χ1) is 72.8. The minimum Gasteiger partial charge on any atom is -0.493 e. The molecule has 0 bridgehead atoms. The number of imide groups is 1. The van der Waals surface area contributed by atoms with Crippen LogP contribution in [0.25, 0.3) is 0 Å². The van der Waals surface area contributed by atoms with Crippen LogP contribution in [0.4, 0.5) is 45.5 Å². The van der Waals surface area contributed by atoms with Crippen LogP contribution < -0.4 is 69.3 Å². The van der Waals surface area contributed by atoms with Crippen LogP contribution in [0.3, 0.4) is 0 Å². The Morgan fingerprint density at radius 2 is 0.760 bits per heavy atom. The number of carbonyl (C=O) groups is 14. The van der Waals surface area contributed by atoms with Gasteiger partial charge in [-0.2, -0.15) is 0 Å². The molecule has 0 spiro atoms. The number of para-hydroxylation sites is 4. The van der Waals surface area contributed by atoms with Crippen LogP contribution in [0.2, 0.25) is 0 Å². The first-order valence-electron chi connectivity index (χ1n) is 51.6. The molecule has 10 aromatic rings. The van der Waals surface area contributed by atoms with Crippen molar-refractivity contribution in [2.45, 2.75) is 240 Å². The minimum atomic E-state index is -0.933. The number of amides is 10. The molecule has 5 N–H and O–H groups in total. The molecule has 10 amide bonds. The third-order valence-corrected chi connectivity index (χ3v) is 28.7. The molecule has 0 saturated carbocycles. The topological polar surface area (TPSA) is 413 Å². The van der Waals surface area contributed by atoms with Gasteiger partial charge < -0.3 is 69.4 Å². The summed E-state index contributed by atoms with van der Waals surface area (Å²) in [5.74, 6) is -4.51. The Morgan fingerprint density at radius 1 is 0.407 bits per heavy atom. The van der Waals surface area contributed by atoms with Crippen molar-refractivity contribution in [3.8, 4) is 34.5 Å². The number of carboxylic acids is 1. The number of ether oxygens (including phenoxy) is 6. The number of aliphatic imine (C=N–C) groups is 2. The summed E-state index contributed by atoms with van der Waals surface area (Å²) in [6.07, 6.45) is 10.5. The van der Waals surface area contributed by atoms with Crippen LogP contribution in [0.15, 0.2) is 192 Å². The number of nitrogens with zero attached hydrogens (tertiary/aromatic N) is 7. The summed E-state index contributed by atoms with van der Waals surface area (Å²) in [6.45, 7) is 10.4. The van der Waals surface area contributed by atoms with Crippen molar-refractivity contribution >= 4 is 141 Å². The van der Waals surface area contributed by atoms with Gasteiger partial charge in [-0.3, -0.25) is 82.1 Å². The zero-order chi connectivity index (χ0) is 107. The Hall–Kier alpha value is -16.5. The molecule has 1 saturated heterocycles. The molecule has 33 nitrogen and oxygen atoms in total. The largest absolute Gasteiger partial charge is 0.493 e. The molecule has 33 heteroatoms. The number of hydroxylamine groups is 2. The van der Waals surface area contributed by atoms with E-state index in [0.29, 0.717) is 145 Å². The summed E-state index contributed by atoms with van der Waals surface area (Å²) < 4.78 is 47.4. The highest BCUT2D eigenvalue weighted by Crippen LogP contribution is 2.47. The molecule has 0 unspecified atom stereocenters. The second-order valence-electron chi connectivity index (χ2n) is 39.5. The van der Waals surface area contributed by atoms with Gasteiger partial charge >= 0.3 is 11.9 Å². The van der Waals surface area contributed by atoms with E-state index in [1.165, 1.54) is 25.3 Å². The summed E-state index contributed by atoms with van der Waals surface area (Å²) in [5.41, 5.74) is 18.1. The van der Waals surface area contributed by atoms with Crippen LogP contribution in [0.5, 0.6) is 34.5 Å². The number of unbranched alkanes of at least 4 members (excludes halogenated alkanes) is 2. The van der Waals surface area contributed by atoms with Gasteiger partial charge in [-0.25, -0.2) is 4.79 Å². The van der Waals surface area contributed by atoms with Crippen molar-refractivity contribution in [3.05, 3.63) is 271 Å². The monoisotopic (exact) mass is 2040 g/mol. The Balaban J connectivity index is 0.000000212. The number of anilines is 6. The normalized spacial score (nSPS) is 17.3. The second-order valence-corrected chi connectivity index (χ2v) is 39.5. The van der Waals surface area contributed by atoms with Gasteiger partial charge in [-0.15, -0.1) is 5.06 Å². The Kier molecular flexibility index (Phi) is 31.7. The zero-order valence-corrected chi connectivity index (χ0v) is 84.2. The third-order valence-electron chi connectivity index (χ3n) is 28.7. The van der Waals surface area contributed by atoms with Gasteiger partial charge in [-0.05, 0) is 256 Å². The summed E-state index contributed by atoms with van der Waals surface area (Å²) >= 11 is 0. The number of Topliss-reactive ketones (excluding diaryl/α,β-unsaturated/α-hetero) is 2. The van der Waals surface area contributed by atoms with E-state index in [9.17, 15) is 67.1 Å². The number of aryl methyl sites for hydroxylation is 4. The second kappa shape index (κ2) is 45.9. The number of hydrogen-bond acceptors (Lipinski definition) is 23. The van der Waals surface area contributed by atoms with Gasteiger partial charge in [0, 0.05) is 161 Å². The number of ketones is 2. The first-order valence-corrected chi connectivity index (χ1v) is 50.6. The Morgan fingerprint density at radius 3 is 1.15 bits per heavy atom. The first kappa shape index (κ1) is 103. The molecule has 0 aromatic heterocycles. The molecule has 0 radical (unpaired) electrons. The number of methoxy groups -OCH3 is 2. The molecular formula is C117H123N11O22. The predicted molar refractivity (Wildman–Crippen MR) is 565 cm³/mol. The molecule has 8 atom stereocenters. The van der Waals surface area contributed by atoms with Crippen molar-refractivity contribution in [3.63, 3.8) is 0 Å². The highest BCUT2D eigenvalue weighted by Gasteiger charge is 2.44. The van der Waals surface area contributed by atoms with E-state index in [0.717, 1.165) is 81.8 Å². The number of carbonyl (C=O) groups excluding carboxylic acids is 13. The lowest BCUT2D eigenvalue weighted by Gasteiger charge is -2.23. The van der Waals surface area contributed by atoms with E-state index >= 15 is 0 Å². The maximum atomic E-state index is 14.1. The van der Waals surface area contributed by atoms with E-state index in [1.54, 1.807) is 98.5 Å². The van der Waals surface area contributed by atoms with Crippen molar-refractivity contribution in [2.24, 2.45) is 21.8 Å². The van der Waals surface area contributed by atoms with Gasteiger partial charge in [0.2, 0.25) is 23.6 Å². The lowest BCUT2D eigenvalue weighted by atomic mass is 9.98. The van der Waals surface area contributed by atoms with Crippen LogP contribution in [-0.2, 0) is 118 Å². The third kappa shape index (κ3) is 23.2. The summed E-state index contributed by atoms with van der Waals surface area (Å²) in [7, 11) is 3.01. The number of nitrogens with one attached hydrogen (secondary N) is 4. The van der Waals surface area contributed by atoms with Gasteiger partial charge in [0.15, 0.2) is 34.6 Å². The van der Waals surface area contributed by atoms with E-state index < -0.39 is 65.4 Å². The fourth-order valence-corrected chi connectivity index (χ4v) is 20.8.